The van der Waals surface area contributed by atoms with Gasteiger partial charge in [0.1, 0.15) is 5.56 Å². The van der Waals surface area contributed by atoms with Gasteiger partial charge in [-0.05, 0) is 63.5 Å². The smallest absolute Gasteiger partial charge is 0.409 e. The van der Waals surface area contributed by atoms with Crippen molar-refractivity contribution in [3.63, 3.8) is 0 Å². The summed E-state index contributed by atoms with van der Waals surface area (Å²) in [6.07, 6.45) is 3.49. The number of pyridine rings is 1. The molecular weight excluding hydrogens is 520 g/mol. The van der Waals surface area contributed by atoms with Crippen molar-refractivity contribution in [2.75, 3.05) is 31.7 Å². The molecule has 39 heavy (non-hydrogen) atoms. The van der Waals surface area contributed by atoms with Gasteiger partial charge in [0.15, 0.2) is 9.84 Å². The summed E-state index contributed by atoms with van der Waals surface area (Å²) in [7, 11) is -1.80. The van der Waals surface area contributed by atoms with Crippen molar-refractivity contribution in [2.24, 2.45) is 0 Å². The molecule has 4 atom stereocenters. The third kappa shape index (κ3) is 5.56. The van der Waals surface area contributed by atoms with Crippen LogP contribution in [0.4, 0.5) is 4.79 Å². The Morgan fingerprint density at radius 3 is 2.44 bits per heavy atom. The molecule has 1 aromatic heterocycles. The van der Waals surface area contributed by atoms with Gasteiger partial charge in [-0.3, -0.25) is 14.5 Å². The summed E-state index contributed by atoms with van der Waals surface area (Å²) >= 11 is 0. The van der Waals surface area contributed by atoms with E-state index in [1.54, 1.807) is 15.5 Å². The Morgan fingerprint density at radius 2 is 1.82 bits per heavy atom. The van der Waals surface area contributed by atoms with Gasteiger partial charge in [-0.1, -0.05) is 18.2 Å². The molecular formula is C28H38N4O6S. The van der Waals surface area contributed by atoms with Crippen LogP contribution in [0.15, 0.2) is 35.1 Å². The molecule has 0 spiro atoms. The molecule has 2 amide bonds. The molecule has 1 aromatic carbocycles. The zero-order valence-electron chi connectivity index (χ0n) is 22.8. The Bertz CT molecular complexity index is 1410. The van der Waals surface area contributed by atoms with E-state index in [1.165, 1.54) is 7.11 Å². The summed E-state index contributed by atoms with van der Waals surface area (Å²) in [5.74, 6) is -0.255. The van der Waals surface area contributed by atoms with Crippen molar-refractivity contribution in [3.05, 3.63) is 46.2 Å². The number of sulfone groups is 1. The number of nitrogens with one attached hydrogen (secondary N) is 1. The number of carbonyl (C=O) groups is 2. The molecule has 2 aromatic rings. The number of aromatic nitrogens is 1. The van der Waals surface area contributed by atoms with Crippen LogP contribution in [0.25, 0.3) is 10.9 Å². The fraction of sp³-hybridized carbons (Fsp3) is 0.607. The number of carbonyl (C=O) groups excluding carboxylic acids is 2. The zero-order chi connectivity index (χ0) is 27.9. The predicted molar refractivity (Wildman–Crippen MR) is 149 cm³/mol. The minimum absolute atomic E-state index is 0.0175. The van der Waals surface area contributed by atoms with Crippen molar-refractivity contribution in [2.45, 2.75) is 76.2 Å². The van der Waals surface area contributed by atoms with E-state index < -0.39 is 15.9 Å². The lowest BCUT2D eigenvalue weighted by molar-refractivity contribution is 0.0718. The number of para-hydroxylation sites is 1. The molecule has 1 N–H and O–H groups in total. The number of hydrogen-bond donors (Lipinski definition) is 1. The van der Waals surface area contributed by atoms with E-state index >= 15 is 0 Å². The van der Waals surface area contributed by atoms with E-state index in [4.69, 9.17) is 4.74 Å². The Labute approximate surface area is 229 Å². The van der Waals surface area contributed by atoms with Crippen LogP contribution in [0.1, 0.15) is 62.4 Å². The molecule has 5 rings (SSSR count). The third-order valence-electron chi connectivity index (χ3n) is 8.58. The fourth-order valence-electron chi connectivity index (χ4n) is 6.77. The summed E-state index contributed by atoms with van der Waals surface area (Å²) in [6.45, 7) is 4.92. The van der Waals surface area contributed by atoms with E-state index in [0.29, 0.717) is 19.5 Å². The molecule has 3 saturated heterocycles. The predicted octanol–water partition coefficient (Wildman–Crippen LogP) is 2.56. The minimum atomic E-state index is -3.13. The second-order valence-corrected chi connectivity index (χ2v) is 13.6. The molecule has 0 aliphatic carbocycles. The van der Waals surface area contributed by atoms with Crippen LogP contribution in [0.5, 0.6) is 0 Å². The Kier molecular flexibility index (Phi) is 7.74. The SMILES string of the molecule is COC(=O)N(CCN1[C@@H]2CC[C@H]1CC(NC(=O)c1cc3ccccc3n(C(C)C)c1=O)C2)C1CCS(=O)(=O)C1. The lowest BCUT2D eigenvalue weighted by Crippen LogP contribution is -2.53. The van der Waals surface area contributed by atoms with Crippen molar-refractivity contribution in [1.82, 2.24) is 19.7 Å². The van der Waals surface area contributed by atoms with Crippen molar-refractivity contribution >= 4 is 32.7 Å². The average Bonchev–Trinajstić information content (AvgIpc) is 3.37. The van der Waals surface area contributed by atoms with Crippen molar-refractivity contribution in [3.8, 4) is 0 Å². The van der Waals surface area contributed by atoms with Gasteiger partial charge >= 0.3 is 6.09 Å². The number of rotatable bonds is 7. The molecule has 3 aliphatic heterocycles. The second kappa shape index (κ2) is 10.9. The minimum Gasteiger partial charge on any atom is -0.453 e. The van der Waals surface area contributed by atoms with Gasteiger partial charge in [0.25, 0.3) is 11.5 Å². The Balaban J connectivity index is 1.25. The summed E-state index contributed by atoms with van der Waals surface area (Å²) in [4.78, 5) is 43.1. The van der Waals surface area contributed by atoms with Crippen LogP contribution in [-0.4, -0.2) is 90.7 Å². The molecule has 0 radical (unpaired) electrons. The Hall–Kier alpha value is -2.92. The number of amides is 2. The number of benzene rings is 1. The lowest BCUT2D eigenvalue weighted by atomic mass is 9.96. The second-order valence-electron chi connectivity index (χ2n) is 11.4. The number of ether oxygens (including phenoxy) is 1. The largest absolute Gasteiger partial charge is 0.453 e. The number of fused-ring (bicyclic) bond motifs is 3. The topological polar surface area (TPSA) is 118 Å². The maximum atomic E-state index is 13.3. The van der Waals surface area contributed by atoms with Crippen LogP contribution in [-0.2, 0) is 14.6 Å². The monoisotopic (exact) mass is 558 g/mol. The van der Waals surface area contributed by atoms with E-state index in [1.807, 2.05) is 38.1 Å². The summed E-state index contributed by atoms with van der Waals surface area (Å²) in [5, 5.41) is 4.00. The highest BCUT2D eigenvalue weighted by Crippen LogP contribution is 2.36. The van der Waals surface area contributed by atoms with E-state index in [-0.39, 0.29) is 58.7 Å². The van der Waals surface area contributed by atoms with Gasteiger partial charge in [0.05, 0.1) is 30.2 Å². The first-order valence-electron chi connectivity index (χ1n) is 13.8. The molecule has 2 unspecified atom stereocenters. The zero-order valence-corrected chi connectivity index (χ0v) is 23.7. The third-order valence-corrected chi connectivity index (χ3v) is 10.3. The molecule has 4 heterocycles. The van der Waals surface area contributed by atoms with E-state index in [2.05, 4.69) is 10.2 Å². The normalized spacial score (nSPS) is 26.2. The maximum absolute atomic E-state index is 13.3. The van der Waals surface area contributed by atoms with E-state index in [9.17, 15) is 22.8 Å². The first-order valence-corrected chi connectivity index (χ1v) is 15.7. The number of hydrogen-bond acceptors (Lipinski definition) is 7. The molecule has 2 bridgehead atoms. The van der Waals surface area contributed by atoms with Crippen LogP contribution in [0, 0.1) is 0 Å². The average molecular weight is 559 g/mol. The number of nitrogens with zero attached hydrogens (tertiary/aromatic N) is 3. The first-order chi connectivity index (χ1) is 18.6. The standard InChI is InChI=1S/C28H38N4O6S/c1-18(2)32-25-7-5-4-6-19(25)14-24(27(32)34)26(33)29-20-15-21-8-9-22(16-20)30(21)11-12-31(28(35)38-3)23-10-13-39(36,37)17-23/h4-7,14,18,20-23H,8-13,15-17H2,1-3H3,(H,29,33)/t20?,21-,22+,23?. The summed E-state index contributed by atoms with van der Waals surface area (Å²) < 4.78 is 30.6. The summed E-state index contributed by atoms with van der Waals surface area (Å²) in [5.41, 5.74) is 0.701. The van der Waals surface area contributed by atoms with Crippen LogP contribution < -0.4 is 10.9 Å². The molecule has 212 valence electrons. The highest BCUT2D eigenvalue weighted by atomic mass is 32.2. The van der Waals surface area contributed by atoms with Gasteiger partial charge in [0, 0.05) is 37.3 Å². The molecule has 3 fully saturated rings. The van der Waals surface area contributed by atoms with Gasteiger partial charge < -0.3 is 19.5 Å². The van der Waals surface area contributed by atoms with Gasteiger partial charge in [0.2, 0.25) is 0 Å². The van der Waals surface area contributed by atoms with Gasteiger partial charge in [-0.25, -0.2) is 13.2 Å². The molecule has 10 nitrogen and oxygen atoms in total. The number of piperidine rings is 1. The van der Waals surface area contributed by atoms with Crippen molar-refractivity contribution in [1.29, 1.82) is 0 Å². The van der Waals surface area contributed by atoms with Crippen LogP contribution in [0.3, 0.4) is 0 Å². The van der Waals surface area contributed by atoms with E-state index in [0.717, 1.165) is 36.6 Å². The van der Waals surface area contributed by atoms with Crippen LogP contribution in [0.2, 0.25) is 0 Å². The van der Waals surface area contributed by atoms with Gasteiger partial charge in [-0.2, -0.15) is 0 Å². The summed E-state index contributed by atoms with van der Waals surface area (Å²) in [6, 6.07) is 9.34. The van der Waals surface area contributed by atoms with Crippen molar-refractivity contribution < 1.29 is 22.7 Å². The Morgan fingerprint density at radius 1 is 1.13 bits per heavy atom. The quantitative estimate of drug-likeness (QED) is 0.555. The van der Waals surface area contributed by atoms with Crippen LogP contribution >= 0.6 is 0 Å². The molecule has 11 heteroatoms. The van der Waals surface area contributed by atoms with Gasteiger partial charge in [-0.15, -0.1) is 0 Å². The molecule has 3 aliphatic rings. The number of methoxy groups -OCH3 is 1. The highest BCUT2D eigenvalue weighted by Gasteiger charge is 2.42. The maximum Gasteiger partial charge on any atom is 0.409 e. The lowest BCUT2D eigenvalue weighted by Gasteiger charge is -2.40. The molecule has 0 saturated carbocycles. The fourth-order valence-corrected chi connectivity index (χ4v) is 8.50. The highest BCUT2D eigenvalue weighted by molar-refractivity contribution is 7.91. The first kappa shape index (κ1) is 27.6.